The van der Waals surface area contributed by atoms with E-state index in [9.17, 15) is 5.11 Å². The third-order valence-corrected chi connectivity index (χ3v) is 4.25. The number of nitrogens with one attached hydrogen (secondary N) is 1. The summed E-state index contributed by atoms with van der Waals surface area (Å²) in [4.78, 5) is 2.32. The molecule has 1 aliphatic rings. The van der Waals surface area contributed by atoms with E-state index >= 15 is 0 Å². The average molecular weight is 271 g/mol. The predicted octanol–water partition coefficient (Wildman–Crippen LogP) is 0.951. The molecule has 102 valence electrons. The Morgan fingerprint density at radius 3 is 2.72 bits per heavy atom. The summed E-state index contributed by atoms with van der Waals surface area (Å²) in [6.45, 7) is 1.65. The standard InChI is InChI=1S/C11H21N5OS/c12-13-11-15-14-10(18-11)8-16(6-7-17)9-4-2-1-3-5-9/h9,17H,1-8,12H2,(H,13,15). The van der Waals surface area contributed by atoms with Crippen LogP contribution in [0.15, 0.2) is 0 Å². The number of anilines is 1. The van der Waals surface area contributed by atoms with E-state index in [-0.39, 0.29) is 6.61 Å². The fourth-order valence-corrected chi connectivity index (χ4v) is 3.19. The smallest absolute Gasteiger partial charge is 0.219 e. The van der Waals surface area contributed by atoms with E-state index in [2.05, 4.69) is 20.5 Å². The van der Waals surface area contributed by atoms with Crippen molar-refractivity contribution in [2.45, 2.75) is 44.7 Å². The lowest BCUT2D eigenvalue weighted by Gasteiger charge is -2.33. The number of nitrogens with two attached hydrogens (primary N) is 1. The fraction of sp³-hybridized carbons (Fsp3) is 0.818. The zero-order chi connectivity index (χ0) is 12.8. The second-order valence-electron chi connectivity index (χ2n) is 4.63. The van der Waals surface area contributed by atoms with Crippen LogP contribution in [0.4, 0.5) is 5.13 Å². The van der Waals surface area contributed by atoms with Crippen LogP contribution < -0.4 is 11.3 Å². The number of nitrogens with zero attached hydrogens (tertiary/aromatic N) is 3. The van der Waals surface area contributed by atoms with E-state index in [1.54, 1.807) is 0 Å². The van der Waals surface area contributed by atoms with E-state index in [1.807, 2.05) is 0 Å². The quantitative estimate of drug-likeness (QED) is 0.527. The molecule has 0 atom stereocenters. The maximum Gasteiger partial charge on any atom is 0.219 e. The number of aliphatic hydroxyl groups is 1. The Morgan fingerprint density at radius 1 is 1.33 bits per heavy atom. The summed E-state index contributed by atoms with van der Waals surface area (Å²) < 4.78 is 0. The molecule has 0 amide bonds. The second-order valence-corrected chi connectivity index (χ2v) is 5.69. The van der Waals surface area contributed by atoms with Crippen LogP contribution in [0.2, 0.25) is 0 Å². The molecule has 0 radical (unpaired) electrons. The predicted molar refractivity (Wildman–Crippen MR) is 72.1 cm³/mol. The van der Waals surface area contributed by atoms with Gasteiger partial charge >= 0.3 is 0 Å². The molecule has 0 spiro atoms. The van der Waals surface area contributed by atoms with Gasteiger partial charge in [-0.25, -0.2) is 5.84 Å². The van der Waals surface area contributed by atoms with Gasteiger partial charge in [0.2, 0.25) is 5.13 Å². The SMILES string of the molecule is NNc1nnc(CN(CCO)C2CCCCC2)s1. The van der Waals surface area contributed by atoms with Crippen molar-refractivity contribution >= 4 is 16.5 Å². The lowest BCUT2D eigenvalue weighted by molar-refractivity contribution is 0.117. The van der Waals surface area contributed by atoms with Gasteiger partial charge in [-0.15, -0.1) is 10.2 Å². The van der Waals surface area contributed by atoms with Crippen LogP contribution >= 0.6 is 11.3 Å². The number of aliphatic hydroxyl groups excluding tert-OH is 1. The van der Waals surface area contributed by atoms with Crippen molar-refractivity contribution in [3.05, 3.63) is 5.01 Å². The Kier molecular flexibility index (Phi) is 5.30. The van der Waals surface area contributed by atoms with Crippen molar-refractivity contribution in [2.75, 3.05) is 18.6 Å². The molecule has 0 unspecified atom stereocenters. The monoisotopic (exact) mass is 271 g/mol. The van der Waals surface area contributed by atoms with Crippen molar-refractivity contribution in [3.63, 3.8) is 0 Å². The summed E-state index contributed by atoms with van der Waals surface area (Å²) in [6.07, 6.45) is 6.36. The molecular weight excluding hydrogens is 250 g/mol. The van der Waals surface area contributed by atoms with E-state index in [1.165, 1.54) is 43.4 Å². The van der Waals surface area contributed by atoms with Crippen LogP contribution in [0.1, 0.15) is 37.1 Å². The number of aromatic nitrogens is 2. The van der Waals surface area contributed by atoms with Crippen LogP contribution in [0.3, 0.4) is 0 Å². The van der Waals surface area contributed by atoms with Gasteiger partial charge in [0.25, 0.3) is 0 Å². The summed E-state index contributed by atoms with van der Waals surface area (Å²) in [7, 11) is 0. The highest BCUT2D eigenvalue weighted by Crippen LogP contribution is 2.25. The van der Waals surface area contributed by atoms with Crippen molar-refractivity contribution < 1.29 is 5.11 Å². The van der Waals surface area contributed by atoms with Gasteiger partial charge in [0, 0.05) is 12.6 Å². The molecule has 1 saturated carbocycles. The molecule has 0 aromatic carbocycles. The Morgan fingerprint density at radius 2 is 2.11 bits per heavy atom. The van der Waals surface area contributed by atoms with Gasteiger partial charge in [-0.1, -0.05) is 30.6 Å². The molecule has 18 heavy (non-hydrogen) atoms. The van der Waals surface area contributed by atoms with E-state index in [0.717, 1.165) is 11.6 Å². The first kappa shape index (κ1) is 13.7. The van der Waals surface area contributed by atoms with Gasteiger partial charge in [0.05, 0.1) is 13.2 Å². The van der Waals surface area contributed by atoms with E-state index < -0.39 is 0 Å². The third kappa shape index (κ3) is 3.61. The highest BCUT2D eigenvalue weighted by Gasteiger charge is 2.21. The summed E-state index contributed by atoms with van der Waals surface area (Å²) >= 11 is 1.47. The molecule has 4 N–H and O–H groups in total. The van der Waals surface area contributed by atoms with Gasteiger partial charge in [-0.2, -0.15) is 0 Å². The number of hydrogen-bond acceptors (Lipinski definition) is 7. The van der Waals surface area contributed by atoms with E-state index in [4.69, 9.17) is 5.84 Å². The summed E-state index contributed by atoms with van der Waals surface area (Å²) in [5, 5.41) is 18.8. The first-order valence-electron chi connectivity index (χ1n) is 6.47. The van der Waals surface area contributed by atoms with Gasteiger partial charge in [-0.3, -0.25) is 10.3 Å². The Labute approximate surface area is 111 Å². The van der Waals surface area contributed by atoms with Crippen molar-refractivity contribution in [3.8, 4) is 0 Å². The van der Waals surface area contributed by atoms with Crippen molar-refractivity contribution in [1.82, 2.24) is 15.1 Å². The zero-order valence-electron chi connectivity index (χ0n) is 10.5. The zero-order valence-corrected chi connectivity index (χ0v) is 11.3. The minimum absolute atomic E-state index is 0.192. The molecule has 1 aromatic rings. The average Bonchev–Trinajstić information content (AvgIpc) is 2.87. The first-order valence-corrected chi connectivity index (χ1v) is 7.29. The third-order valence-electron chi connectivity index (χ3n) is 3.41. The molecule has 2 rings (SSSR count). The van der Waals surface area contributed by atoms with Crippen LogP contribution in [0, 0.1) is 0 Å². The van der Waals surface area contributed by atoms with E-state index in [0.29, 0.717) is 17.7 Å². The Bertz CT molecular complexity index is 353. The molecule has 0 bridgehead atoms. The molecular formula is C11H21N5OS. The van der Waals surface area contributed by atoms with Crippen LogP contribution in [-0.4, -0.2) is 39.4 Å². The lowest BCUT2D eigenvalue weighted by Crippen LogP contribution is -2.38. The maximum atomic E-state index is 9.19. The van der Waals surface area contributed by atoms with Crippen LogP contribution in [-0.2, 0) is 6.54 Å². The minimum Gasteiger partial charge on any atom is -0.395 e. The van der Waals surface area contributed by atoms with Gasteiger partial charge < -0.3 is 5.11 Å². The summed E-state index contributed by atoms with van der Waals surface area (Å²) in [5.74, 6) is 5.30. The number of hydrogen-bond donors (Lipinski definition) is 3. The van der Waals surface area contributed by atoms with Gasteiger partial charge in [0.15, 0.2) is 0 Å². The first-order chi connectivity index (χ1) is 8.83. The highest BCUT2D eigenvalue weighted by molar-refractivity contribution is 7.15. The largest absolute Gasteiger partial charge is 0.395 e. The number of rotatable bonds is 6. The minimum atomic E-state index is 0.192. The number of nitrogen functional groups attached to an aromatic ring is 1. The molecule has 0 aliphatic heterocycles. The molecule has 1 heterocycles. The Hall–Kier alpha value is -0.760. The Balaban J connectivity index is 1.95. The maximum absolute atomic E-state index is 9.19. The van der Waals surface area contributed by atoms with Crippen molar-refractivity contribution in [1.29, 1.82) is 0 Å². The number of hydrazine groups is 1. The second kappa shape index (κ2) is 6.98. The fourth-order valence-electron chi connectivity index (χ4n) is 2.51. The van der Waals surface area contributed by atoms with Crippen LogP contribution in [0.5, 0.6) is 0 Å². The molecule has 1 fully saturated rings. The van der Waals surface area contributed by atoms with Gasteiger partial charge in [0.1, 0.15) is 5.01 Å². The molecule has 0 saturated heterocycles. The highest BCUT2D eigenvalue weighted by atomic mass is 32.1. The molecule has 1 aromatic heterocycles. The molecule has 6 nitrogen and oxygen atoms in total. The normalized spacial score (nSPS) is 17.3. The van der Waals surface area contributed by atoms with Crippen molar-refractivity contribution in [2.24, 2.45) is 5.84 Å². The lowest BCUT2D eigenvalue weighted by atomic mass is 9.94. The van der Waals surface area contributed by atoms with Crippen LogP contribution in [0.25, 0.3) is 0 Å². The van der Waals surface area contributed by atoms with Gasteiger partial charge in [-0.05, 0) is 12.8 Å². The summed E-state index contributed by atoms with van der Waals surface area (Å²) in [5.41, 5.74) is 2.51. The molecule has 1 aliphatic carbocycles. The molecule has 7 heteroatoms. The summed E-state index contributed by atoms with van der Waals surface area (Å²) in [6, 6.07) is 0.573. The topological polar surface area (TPSA) is 87.3 Å².